The van der Waals surface area contributed by atoms with Crippen LogP contribution in [0.2, 0.25) is 0 Å². The standard InChI is InChI=1S/C42H45F3N10O8/c1-52-36-35(29(53-14-3-4-15-53)20-42(44,45)41(52)62)50-31(21-47-36)49-27-19-25(43)24(18-30(27)63-2)37(58)48-22-11-16-54(17-12-22)33(57)10-13-46-26-7-5-6-23-34(26)40(61)55(39(23)60)28-8-9-32(56)51-38(28)59/h5-7,18-19,21-22,28-29,46H,3-4,8-17,20H2,1-2H3,(H,48,58)(H,49,50)(H,51,56,59). The summed E-state index contributed by atoms with van der Waals surface area (Å²) in [6, 6.07) is 4.59. The molecule has 5 aliphatic rings. The number of halogens is 3. The van der Waals surface area contributed by atoms with Crippen molar-refractivity contribution in [1.82, 2.24) is 35.3 Å². The van der Waals surface area contributed by atoms with E-state index >= 15 is 13.2 Å². The summed E-state index contributed by atoms with van der Waals surface area (Å²) in [5.74, 6) is -9.08. The summed E-state index contributed by atoms with van der Waals surface area (Å²) in [5.41, 5.74) is 0.518. The van der Waals surface area contributed by atoms with E-state index in [1.165, 1.54) is 32.5 Å². The summed E-state index contributed by atoms with van der Waals surface area (Å²) in [7, 11) is 2.56. The molecule has 0 radical (unpaired) electrons. The number of likely N-dealkylation sites (tertiary alicyclic amines) is 2. The van der Waals surface area contributed by atoms with Gasteiger partial charge in [-0.3, -0.25) is 53.6 Å². The molecule has 0 saturated carbocycles. The second-order valence-electron chi connectivity index (χ2n) is 16.1. The van der Waals surface area contributed by atoms with Crippen molar-refractivity contribution in [3.8, 4) is 5.75 Å². The number of carbonyl (C=O) groups excluding carboxylic acids is 7. The van der Waals surface area contributed by atoms with E-state index in [1.54, 1.807) is 17.0 Å². The van der Waals surface area contributed by atoms with Crippen molar-refractivity contribution in [1.29, 1.82) is 0 Å². The van der Waals surface area contributed by atoms with E-state index in [4.69, 9.17) is 4.74 Å². The predicted molar refractivity (Wildman–Crippen MR) is 218 cm³/mol. The molecular weight excluding hydrogens is 830 g/mol. The average molecular weight is 875 g/mol. The number of hydrogen-bond acceptors (Lipinski definition) is 13. The Morgan fingerprint density at radius 2 is 1.71 bits per heavy atom. The molecule has 4 N–H and O–H groups in total. The molecule has 2 aromatic carbocycles. The molecule has 21 heteroatoms. The van der Waals surface area contributed by atoms with Gasteiger partial charge in [-0.15, -0.1) is 0 Å². The minimum absolute atomic E-state index is 0.00245. The predicted octanol–water partition coefficient (Wildman–Crippen LogP) is 3.13. The number of benzene rings is 2. The Balaban J connectivity index is 0.857. The van der Waals surface area contributed by atoms with Gasteiger partial charge in [0.1, 0.15) is 29.1 Å². The SMILES string of the molecule is COc1cc(C(=O)NC2CCN(C(=O)CCNc3cccc4c3C(=O)N(C3CCC(=O)NC3=O)C4=O)CC2)c(F)cc1Nc1cnc2c(n1)C(N1CCCC1)CC(F)(F)C(=O)N2C. The topological polar surface area (TPSA) is 216 Å². The number of anilines is 4. The summed E-state index contributed by atoms with van der Waals surface area (Å²) in [4.78, 5) is 104. The van der Waals surface area contributed by atoms with Gasteiger partial charge < -0.3 is 25.6 Å². The zero-order chi connectivity index (χ0) is 44.7. The minimum atomic E-state index is -3.64. The van der Waals surface area contributed by atoms with Crippen molar-refractivity contribution in [3.63, 3.8) is 0 Å². The third kappa shape index (κ3) is 8.35. The molecule has 332 valence electrons. The molecular formula is C42H45F3N10O8. The molecule has 2 unspecified atom stereocenters. The van der Waals surface area contributed by atoms with Gasteiger partial charge in [-0.1, -0.05) is 6.07 Å². The molecule has 3 saturated heterocycles. The van der Waals surface area contributed by atoms with E-state index in [0.717, 1.165) is 28.7 Å². The molecule has 2 atom stereocenters. The number of carbonyl (C=O) groups is 7. The lowest BCUT2D eigenvalue weighted by molar-refractivity contribution is -0.144. The number of fused-ring (bicyclic) bond motifs is 2. The quantitative estimate of drug-likeness (QED) is 0.204. The molecule has 8 rings (SSSR count). The Hall–Kier alpha value is -6.64. The lowest BCUT2D eigenvalue weighted by Crippen LogP contribution is -2.54. The Bertz CT molecular complexity index is 2400. The van der Waals surface area contributed by atoms with Crippen LogP contribution in [0.15, 0.2) is 36.5 Å². The summed E-state index contributed by atoms with van der Waals surface area (Å²) in [6.45, 7) is 1.87. The maximum atomic E-state index is 15.7. The molecule has 1 aromatic heterocycles. The first-order chi connectivity index (χ1) is 30.1. The summed E-state index contributed by atoms with van der Waals surface area (Å²) < 4.78 is 51.2. The molecule has 3 fully saturated rings. The average Bonchev–Trinajstić information content (AvgIpc) is 3.87. The number of methoxy groups -OCH3 is 1. The fraction of sp³-hybridized carbons (Fsp3) is 0.452. The highest BCUT2D eigenvalue weighted by Crippen LogP contribution is 2.43. The number of amides is 7. The number of aromatic nitrogens is 2. The highest BCUT2D eigenvalue weighted by Gasteiger charge is 2.50. The van der Waals surface area contributed by atoms with Gasteiger partial charge in [0.2, 0.25) is 17.7 Å². The second-order valence-corrected chi connectivity index (χ2v) is 16.1. The first-order valence-corrected chi connectivity index (χ1v) is 20.7. The van der Waals surface area contributed by atoms with Gasteiger partial charge in [0, 0.05) is 63.7 Å². The van der Waals surface area contributed by atoms with Crippen molar-refractivity contribution in [2.75, 3.05) is 62.4 Å². The van der Waals surface area contributed by atoms with Crippen molar-refractivity contribution in [3.05, 3.63) is 64.7 Å². The Labute approximate surface area is 358 Å². The van der Waals surface area contributed by atoms with Crippen LogP contribution in [0.25, 0.3) is 0 Å². The number of ether oxygens (including phenoxy) is 1. The third-order valence-corrected chi connectivity index (χ3v) is 12.2. The van der Waals surface area contributed by atoms with Crippen LogP contribution in [0, 0.1) is 5.82 Å². The second kappa shape index (κ2) is 17.3. The number of imide groups is 2. The largest absolute Gasteiger partial charge is 0.495 e. The molecule has 18 nitrogen and oxygen atoms in total. The number of nitrogens with zero attached hydrogens (tertiary/aromatic N) is 6. The smallest absolute Gasteiger partial charge is 0.327 e. The van der Waals surface area contributed by atoms with Crippen molar-refractivity contribution in [2.45, 2.75) is 75.4 Å². The molecule has 63 heavy (non-hydrogen) atoms. The zero-order valence-electron chi connectivity index (χ0n) is 34.5. The van der Waals surface area contributed by atoms with Crippen LogP contribution in [0.5, 0.6) is 5.75 Å². The molecule has 5 aliphatic heterocycles. The summed E-state index contributed by atoms with van der Waals surface area (Å²) >= 11 is 0. The number of piperidine rings is 2. The Kier molecular flexibility index (Phi) is 11.8. The molecule has 0 spiro atoms. The van der Waals surface area contributed by atoms with Gasteiger partial charge in [0.25, 0.3) is 23.6 Å². The highest BCUT2D eigenvalue weighted by atomic mass is 19.3. The number of rotatable bonds is 11. The van der Waals surface area contributed by atoms with E-state index < -0.39 is 65.7 Å². The Morgan fingerprint density at radius 1 is 0.968 bits per heavy atom. The number of nitrogens with one attached hydrogen (secondary N) is 4. The van der Waals surface area contributed by atoms with Gasteiger partial charge in [-0.05, 0) is 63.4 Å². The lowest BCUT2D eigenvalue weighted by Gasteiger charge is -2.32. The van der Waals surface area contributed by atoms with E-state index in [0.29, 0.717) is 44.7 Å². The maximum Gasteiger partial charge on any atom is 0.327 e. The van der Waals surface area contributed by atoms with Crippen molar-refractivity contribution >= 4 is 64.4 Å². The van der Waals surface area contributed by atoms with Gasteiger partial charge >= 0.3 is 5.92 Å². The van der Waals surface area contributed by atoms with Gasteiger partial charge in [0.05, 0.1) is 41.7 Å². The molecule has 3 aromatic rings. The first kappa shape index (κ1) is 43.0. The highest BCUT2D eigenvalue weighted by molar-refractivity contribution is 6.25. The molecule has 0 aliphatic carbocycles. The first-order valence-electron chi connectivity index (χ1n) is 20.7. The van der Waals surface area contributed by atoms with Crippen molar-refractivity contribution in [2.24, 2.45) is 0 Å². The van der Waals surface area contributed by atoms with Crippen LogP contribution in [0.4, 0.5) is 36.2 Å². The maximum absolute atomic E-state index is 15.7. The Morgan fingerprint density at radius 3 is 2.43 bits per heavy atom. The van der Waals surface area contributed by atoms with E-state index in [-0.39, 0.29) is 83.2 Å². The van der Waals surface area contributed by atoms with Crippen molar-refractivity contribution < 1.29 is 51.5 Å². The molecule has 0 bridgehead atoms. The number of hydrogen-bond donors (Lipinski definition) is 4. The van der Waals surface area contributed by atoms with Crippen LogP contribution in [-0.4, -0.2) is 131 Å². The third-order valence-electron chi connectivity index (χ3n) is 12.2. The minimum Gasteiger partial charge on any atom is -0.495 e. The van der Waals surface area contributed by atoms with E-state index in [2.05, 4.69) is 31.2 Å². The lowest BCUT2D eigenvalue weighted by atomic mass is 10.0. The fourth-order valence-corrected chi connectivity index (χ4v) is 8.86. The van der Waals surface area contributed by atoms with Gasteiger partial charge in [-0.2, -0.15) is 8.78 Å². The summed E-state index contributed by atoms with van der Waals surface area (Å²) in [5, 5.41) is 11.0. The van der Waals surface area contributed by atoms with Crippen LogP contribution in [0.3, 0.4) is 0 Å². The van der Waals surface area contributed by atoms with Crippen LogP contribution in [-0.2, 0) is 19.2 Å². The van der Waals surface area contributed by atoms with Crippen LogP contribution < -0.4 is 30.9 Å². The van der Waals surface area contributed by atoms with Gasteiger partial charge in [0.15, 0.2) is 5.82 Å². The van der Waals surface area contributed by atoms with Crippen LogP contribution in [0.1, 0.15) is 94.2 Å². The summed E-state index contributed by atoms with van der Waals surface area (Å²) in [6.07, 6.45) is 2.97. The molecule has 7 amide bonds. The van der Waals surface area contributed by atoms with E-state index in [9.17, 15) is 33.6 Å². The normalized spacial score (nSPS) is 21.5. The van der Waals surface area contributed by atoms with Crippen LogP contribution >= 0.6 is 0 Å². The van der Waals surface area contributed by atoms with E-state index in [1.807, 2.05) is 4.90 Å². The molecule has 6 heterocycles. The fourth-order valence-electron chi connectivity index (χ4n) is 8.86. The monoisotopic (exact) mass is 874 g/mol. The van der Waals surface area contributed by atoms with Gasteiger partial charge in [-0.25, -0.2) is 14.4 Å². The number of alkyl halides is 2. The zero-order valence-corrected chi connectivity index (χ0v) is 34.5.